The van der Waals surface area contributed by atoms with Crippen molar-refractivity contribution in [1.82, 2.24) is 15.2 Å². The molecule has 31 heavy (non-hydrogen) atoms. The molecule has 154 valence electrons. The maximum Gasteiger partial charge on any atom is 0.239 e. The lowest BCUT2D eigenvalue weighted by Gasteiger charge is -2.30. The number of thiocarbonyl (C=S) groups is 1. The molecule has 1 saturated heterocycles. The van der Waals surface area contributed by atoms with Crippen LogP contribution in [-0.4, -0.2) is 29.6 Å². The summed E-state index contributed by atoms with van der Waals surface area (Å²) >= 11 is 6.63. The number of aromatic nitrogens is 1. The molecule has 0 spiro atoms. The Morgan fingerprint density at radius 1 is 1.00 bits per heavy atom. The van der Waals surface area contributed by atoms with Crippen LogP contribution in [0.1, 0.15) is 4.88 Å². The van der Waals surface area contributed by atoms with Gasteiger partial charge in [-0.25, -0.2) is 0 Å². The molecule has 2 amide bonds. The summed E-state index contributed by atoms with van der Waals surface area (Å²) in [6, 6.07) is 17.4. The SMILES string of the molecule is C[Si]1(C)c2cc(CC3C(=O)NC(=S)NC3=O)sc2-n2c3ccccc3c3cccc1c32. The van der Waals surface area contributed by atoms with Crippen molar-refractivity contribution in [1.29, 1.82) is 0 Å². The number of thiophene rings is 1. The van der Waals surface area contributed by atoms with Gasteiger partial charge in [-0.1, -0.05) is 49.5 Å². The Morgan fingerprint density at radius 2 is 1.71 bits per heavy atom. The molecule has 0 atom stereocenters. The maximum atomic E-state index is 12.4. The fraction of sp³-hybridized carbons (Fsp3) is 0.174. The number of para-hydroxylation sites is 2. The van der Waals surface area contributed by atoms with Crippen molar-refractivity contribution in [3.05, 3.63) is 53.4 Å². The number of hydrogen-bond donors (Lipinski definition) is 2. The van der Waals surface area contributed by atoms with Gasteiger partial charge < -0.3 is 15.2 Å². The van der Waals surface area contributed by atoms with Crippen molar-refractivity contribution in [2.75, 3.05) is 0 Å². The largest absolute Gasteiger partial charge is 0.302 e. The van der Waals surface area contributed by atoms with Gasteiger partial charge in [0.25, 0.3) is 0 Å². The van der Waals surface area contributed by atoms with Crippen LogP contribution in [0.3, 0.4) is 0 Å². The quantitative estimate of drug-likeness (QED) is 0.274. The molecule has 0 radical (unpaired) electrons. The molecule has 0 saturated carbocycles. The van der Waals surface area contributed by atoms with Crippen molar-refractivity contribution in [2.24, 2.45) is 5.92 Å². The number of hydrogen-bond acceptors (Lipinski definition) is 4. The van der Waals surface area contributed by atoms with E-state index in [1.54, 1.807) is 11.3 Å². The predicted molar refractivity (Wildman–Crippen MR) is 131 cm³/mol. The Hall–Kier alpha value is -2.81. The number of carbonyl (C=O) groups excluding carboxylic acids is 2. The highest BCUT2D eigenvalue weighted by Gasteiger charge is 2.39. The second kappa shape index (κ2) is 6.35. The molecule has 2 N–H and O–H groups in total. The standard InChI is InChI=1S/C23H19N3O2S2Si/c1-31(2)17-9-5-7-14-13-6-3-4-8-16(13)26(19(14)17)22-18(31)11-12(30-22)10-15-20(27)24-23(29)25-21(15)28/h3-9,11,15H,10H2,1-2H3,(H2,24,25,27,28,29). The number of benzene rings is 2. The third kappa shape index (κ3) is 2.55. The number of amides is 2. The molecular weight excluding hydrogens is 442 g/mol. The molecule has 2 aromatic carbocycles. The zero-order valence-electron chi connectivity index (χ0n) is 17.0. The molecule has 6 rings (SSSR count). The normalized spacial score (nSPS) is 17.7. The summed E-state index contributed by atoms with van der Waals surface area (Å²) in [5.41, 5.74) is 2.50. The Balaban J connectivity index is 1.56. The lowest BCUT2D eigenvalue weighted by Crippen LogP contribution is -2.56. The van der Waals surface area contributed by atoms with Gasteiger partial charge in [0, 0.05) is 22.1 Å². The van der Waals surface area contributed by atoms with Crippen LogP contribution in [0.5, 0.6) is 0 Å². The minimum absolute atomic E-state index is 0.0851. The average Bonchev–Trinajstić information content (AvgIpc) is 3.29. The van der Waals surface area contributed by atoms with Gasteiger partial charge in [-0.3, -0.25) is 9.59 Å². The molecule has 0 aliphatic carbocycles. The van der Waals surface area contributed by atoms with Crippen molar-refractivity contribution in [3.8, 4) is 5.00 Å². The van der Waals surface area contributed by atoms with Crippen molar-refractivity contribution in [2.45, 2.75) is 19.5 Å². The highest BCUT2D eigenvalue weighted by Crippen LogP contribution is 2.38. The molecule has 0 bridgehead atoms. The lowest BCUT2D eigenvalue weighted by atomic mass is 10.0. The van der Waals surface area contributed by atoms with Crippen LogP contribution < -0.4 is 21.0 Å². The minimum atomic E-state index is -1.95. The van der Waals surface area contributed by atoms with Gasteiger partial charge in [-0.2, -0.15) is 0 Å². The first-order valence-electron chi connectivity index (χ1n) is 10.2. The molecule has 8 heteroatoms. The number of rotatable bonds is 2. The topological polar surface area (TPSA) is 63.1 Å². The molecule has 1 fully saturated rings. The van der Waals surface area contributed by atoms with Crippen LogP contribution in [0.25, 0.3) is 26.8 Å². The van der Waals surface area contributed by atoms with Gasteiger partial charge in [0.05, 0.1) is 16.0 Å². The summed E-state index contributed by atoms with van der Waals surface area (Å²) in [5.74, 6) is -1.41. The monoisotopic (exact) mass is 461 g/mol. The minimum Gasteiger partial charge on any atom is -0.302 e. The second-order valence-electron chi connectivity index (χ2n) is 8.68. The van der Waals surface area contributed by atoms with Crippen molar-refractivity contribution < 1.29 is 9.59 Å². The van der Waals surface area contributed by atoms with Crippen molar-refractivity contribution in [3.63, 3.8) is 0 Å². The van der Waals surface area contributed by atoms with Crippen LogP contribution in [-0.2, 0) is 16.0 Å². The Kier molecular flexibility index (Phi) is 3.87. The highest BCUT2D eigenvalue weighted by molar-refractivity contribution is 7.80. The predicted octanol–water partition coefficient (Wildman–Crippen LogP) is 2.67. The molecule has 2 aliphatic rings. The van der Waals surface area contributed by atoms with E-state index in [9.17, 15) is 9.59 Å². The van der Waals surface area contributed by atoms with Gasteiger partial charge in [0.2, 0.25) is 11.8 Å². The average molecular weight is 462 g/mol. The maximum absolute atomic E-state index is 12.4. The third-order valence-corrected chi connectivity index (χ3v) is 11.5. The van der Waals surface area contributed by atoms with Gasteiger partial charge in [0.15, 0.2) is 5.11 Å². The molecule has 2 aliphatic heterocycles. The van der Waals surface area contributed by atoms with Crippen molar-refractivity contribution >= 4 is 80.7 Å². The first-order chi connectivity index (χ1) is 14.9. The lowest BCUT2D eigenvalue weighted by molar-refractivity contribution is -0.135. The molecule has 4 heterocycles. The van der Waals surface area contributed by atoms with Crippen LogP contribution in [0, 0.1) is 5.92 Å². The number of carbonyl (C=O) groups is 2. The third-order valence-electron chi connectivity index (χ3n) is 6.52. The summed E-state index contributed by atoms with van der Waals surface area (Å²) in [6.07, 6.45) is 0.376. The zero-order chi connectivity index (χ0) is 21.5. The van der Waals surface area contributed by atoms with Crippen LogP contribution in [0.4, 0.5) is 0 Å². The fourth-order valence-electron chi connectivity index (χ4n) is 4.96. The molecule has 5 nitrogen and oxygen atoms in total. The summed E-state index contributed by atoms with van der Waals surface area (Å²) in [4.78, 5) is 25.9. The van der Waals surface area contributed by atoms with Gasteiger partial charge in [0.1, 0.15) is 14.0 Å². The van der Waals surface area contributed by atoms with Crippen LogP contribution in [0.2, 0.25) is 13.1 Å². The molecule has 4 aromatic rings. The second-order valence-corrected chi connectivity index (χ2v) is 14.5. The smallest absolute Gasteiger partial charge is 0.239 e. The first-order valence-corrected chi connectivity index (χ1v) is 14.4. The molecule has 2 aromatic heterocycles. The Labute approximate surface area is 189 Å². The van der Waals surface area contributed by atoms with E-state index in [2.05, 4.69) is 76.8 Å². The molecule has 0 unspecified atom stereocenters. The first kappa shape index (κ1) is 18.9. The summed E-state index contributed by atoms with van der Waals surface area (Å²) in [7, 11) is -1.95. The highest BCUT2D eigenvalue weighted by atomic mass is 32.1. The van der Waals surface area contributed by atoms with E-state index in [1.807, 2.05) is 0 Å². The Bertz CT molecular complexity index is 1450. The van der Waals surface area contributed by atoms with E-state index in [4.69, 9.17) is 12.2 Å². The van der Waals surface area contributed by atoms with Gasteiger partial charge in [-0.15, -0.1) is 11.3 Å². The van der Waals surface area contributed by atoms with E-state index < -0.39 is 14.0 Å². The van der Waals surface area contributed by atoms with Gasteiger partial charge >= 0.3 is 0 Å². The molecular formula is C23H19N3O2S2Si. The fourth-order valence-corrected chi connectivity index (χ4v) is 10.1. The summed E-state index contributed by atoms with van der Waals surface area (Å²) in [6.45, 7) is 4.77. The van der Waals surface area contributed by atoms with E-state index in [0.29, 0.717) is 6.42 Å². The van der Waals surface area contributed by atoms with Crippen LogP contribution >= 0.6 is 23.6 Å². The van der Waals surface area contributed by atoms with E-state index in [1.165, 1.54) is 37.2 Å². The van der Waals surface area contributed by atoms with Crippen LogP contribution in [0.15, 0.2) is 48.5 Å². The number of fused-ring (bicyclic) bond motifs is 5. The zero-order valence-corrected chi connectivity index (χ0v) is 19.6. The Morgan fingerprint density at radius 3 is 2.48 bits per heavy atom. The summed E-state index contributed by atoms with van der Waals surface area (Å²) in [5, 5.41) is 11.8. The van der Waals surface area contributed by atoms with Gasteiger partial charge in [-0.05, 0) is 34.7 Å². The van der Waals surface area contributed by atoms with E-state index in [-0.39, 0.29) is 16.9 Å². The van der Waals surface area contributed by atoms with E-state index in [0.717, 1.165) is 4.88 Å². The number of nitrogens with zero attached hydrogens (tertiary/aromatic N) is 1. The van der Waals surface area contributed by atoms with E-state index >= 15 is 0 Å². The summed E-state index contributed by atoms with van der Waals surface area (Å²) < 4.78 is 2.39. The number of nitrogens with one attached hydrogen (secondary N) is 2.